The molecule has 0 saturated heterocycles. The summed E-state index contributed by atoms with van der Waals surface area (Å²) in [7, 11) is 0. The van der Waals surface area contributed by atoms with Gasteiger partial charge in [0, 0.05) is 11.3 Å². The number of ether oxygens (including phenoxy) is 1. The third-order valence-electron chi connectivity index (χ3n) is 5.76. The maximum atomic E-state index is 12.5. The Morgan fingerprint density at radius 3 is 2.40 bits per heavy atom. The van der Waals surface area contributed by atoms with Gasteiger partial charge in [0.25, 0.3) is 5.91 Å². The minimum absolute atomic E-state index is 0.132. The Morgan fingerprint density at radius 2 is 1.66 bits per heavy atom. The van der Waals surface area contributed by atoms with Gasteiger partial charge in [-0.2, -0.15) is 0 Å². The van der Waals surface area contributed by atoms with Crippen LogP contribution in [0.3, 0.4) is 0 Å². The lowest BCUT2D eigenvalue weighted by molar-refractivity contribution is -0.118. The molecule has 3 aromatic carbocycles. The van der Waals surface area contributed by atoms with Crippen molar-refractivity contribution < 1.29 is 13.9 Å². The highest BCUT2D eigenvalue weighted by atomic mass is 16.5. The summed E-state index contributed by atoms with van der Waals surface area (Å²) in [6.45, 7) is 4.06. The zero-order valence-electron chi connectivity index (χ0n) is 19.6. The summed E-state index contributed by atoms with van der Waals surface area (Å²) in [5.41, 5.74) is 6.24. The first-order chi connectivity index (χ1) is 17.1. The molecule has 5 aromatic rings. The van der Waals surface area contributed by atoms with Crippen molar-refractivity contribution in [1.82, 2.24) is 19.7 Å². The van der Waals surface area contributed by atoms with Crippen LogP contribution < -0.4 is 10.1 Å². The molecule has 0 aliphatic heterocycles. The van der Waals surface area contributed by atoms with Crippen LogP contribution in [0.2, 0.25) is 0 Å². The average Bonchev–Trinajstić information content (AvgIpc) is 3.57. The van der Waals surface area contributed by atoms with Crippen molar-refractivity contribution in [2.45, 2.75) is 26.7 Å². The molecule has 8 heteroatoms. The summed E-state index contributed by atoms with van der Waals surface area (Å²) < 4.78 is 13.5. The fourth-order valence-electron chi connectivity index (χ4n) is 3.78. The van der Waals surface area contributed by atoms with E-state index in [0.717, 1.165) is 40.8 Å². The minimum atomic E-state index is -0.263. The number of fused-ring (bicyclic) bond motifs is 1. The highest BCUT2D eigenvalue weighted by Crippen LogP contribution is 2.27. The van der Waals surface area contributed by atoms with Crippen molar-refractivity contribution in [2.75, 3.05) is 11.9 Å². The fourth-order valence-corrected chi connectivity index (χ4v) is 3.78. The van der Waals surface area contributed by atoms with E-state index in [9.17, 15) is 4.79 Å². The van der Waals surface area contributed by atoms with Gasteiger partial charge in [-0.1, -0.05) is 26.0 Å². The predicted molar refractivity (Wildman–Crippen MR) is 134 cm³/mol. The molecule has 5 rings (SSSR count). The van der Waals surface area contributed by atoms with E-state index in [1.165, 1.54) is 5.56 Å². The quantitative estimate of drug-likeness (QED) is 0.336. The monoisotopic (exact) mass is 467 g/mol. The van der Waals surface area contributed by atoms with Crippen LogP contribution in [0.1, 0.15) is 25.0 Å². The van der Waals surface area contributed by atoms with Crippen LogP contribution in [0.4, 0.5) is 5.69 Å². The summed E-state index contributed by atoms with van der Waals surface area (Å²) >= 11 is 0. The van der Waals surface area contributed by atoms with Gasteiger partial charge in [0.1, 0.15) is 23.9 Å². The summed E-state index contributed by atoms with van der Waals surface area (Å²) in [5, 5.41) is 10.6. The summed E-state index contributed by atoms with van der Waals surface area (Å²) in [6.07, 6.45) is 5.03. The molecule has 0 atom stereocenters. The molecule has 0 aliphatic rings. The topological polar surface area (TPSA) is 95.1 Å². The first-order valence-electron chi connectivity index (χ1n) is 11.5. The van der Waals surface area contributed by atoms with Crippen molar-refractivity contribution in [3.63, 3.8) is 0 Å². The molecular weight excluding hydrogens is 442 g/mol. The van der Waals surface area contributed by atoms with Crippen LogP contribution in [0.25, 0.3) is 28.2 Å². The number of benzene rings is 3. The van der Waals surface area contributed by atoms with E-state index in [-0.39, 0.29) is 12.5 Å². The van der Waals surface area contributed by atoms with Gasteiger partial charge in [-0.05, 0) is 72.5 Å². The Morgan fingerprint density at radius 1 is 0.943 bits per heavy atom. The number of aromatic nitrogens is 4. The molecule has 8 nitrogen and oxygen atoms in total. The van der Waals surface area contributed by atoms with E-state index < -0.39 is 0 Å². The molecule has 0 fully saturated rings. The van der Waals surface area contributed by atoms with E-state index in [4.69, 9.17) is 9.15 Å². The van der Waals surface area contributed by atoms with Gasteiger partial charge in [0.2, 0.25) is 5.89 Å². The lowest BCUT2D eigenvalue weighted by Gasteiger charge is -2.13. The van der Waals surface area contributed by atoms with Gasteiger partial charge in [0.05, 0.1) is 5.69 Å². The molecule has 1 N–H and O–H groups in total. The van der Waals surface area contributed by atoms with Crippen molar-refractivity contribution in [1.29, 1.82) is 0 Å². The molecule has 0 unspecified atom stereocenters. The van der Waals surface area contributed by atoms with E-state index in [1.807, 2.05) is 60.7 Å². The van der Waals surface area contributed by atoms with Gasteiger partial charge in [-0.15, -0.1) is 10.2 Å². The van der Waals surface area contributed by atoms with Crippen LogP contribution in [0.5, 0.6) is 5.75 Å². The number of aryl methyl sites for hydroxylation is 2. The highest BCUT2D eigenvalue weighted by molar-refractivity contribution is 5.92. The van der Waals surface area contributed by atoms with Gasteiger partial charge in [-0.3, -0.25) is 9.36 Å². The third-order valence-corrected chi connectivity index (χ3v) is 5.76. The second-order valence-corrected chi connectivity index (χ2v) is 8.11. The second kappa shape index (κ2) is 9.80. The Bertz CT molecular complexity index is 1460. The van der Waals surface area contributed by atoms with E-state index in [1.54, 1.807) is 17.2 Å². The van der Waals surface area contributed by atoms with Crippen LogP contribution in [-0.2, 0) is 17.6 Å². The number of nitrogens with zero attached hydrogens (tertiary/aromatic N) is 4. The maximum absolute atomic E-state index is 12.5. The Labute approximate surface area is 202 Å². The standard InChI is InChI=1S/C27H25N5O3/c1-3-18-5-11-24-22(13-18)31-27(35-24)20-7-9-21(10-8-20)30-26(33)15-34-25-12-6-19(4-2)14-23(25)32-16-28-29-17-32/h5-14,16-17H,3-4,15H2,1-2H3,(H,30,33). The number of rotatable bonds is 8. The van der Waals surface area contributed by atoms with Gasteiger partial charge in [0.15, 0.2) is 12.2 Å². The van der Waals surface area contributed by atoms with Crippen LogP contribution in [-0.4, -0.2) is 32.3 Å². The SMILES string of the molecule is CCc1ccc(OCC(=O)Nc2ccc(-c3nc4cc(CC)ccc4o3)cc2)c(-n2cnnc2)c1. The van der Waals surface area contributed by atoms with E-state index in [0.29, 0.717) is 17.3 Å². The van der Waals surface area contributed by atoms with Crippen LogP contribution >= 0.6 is 0 Å². The molecule has 0 saturated carbocycles. The average molecular weight is 468 g/mol. The number of hydrogen-bond acceptors (Lipinski definition) is 6. The molecule has 0 spiro atoms. The molecule has 0 aliphatic carbocycles. The lowest BCUT2D eigenvalue weighted by atomic mass is 10.1. The van der Waals surface area contributed by atoms with Gasteiger partial charge in [-0.25, -0.2) is 4.98 Å². The maximum Gasteiger partial charge on any atom is 0.262 e. The molecule has 176 valence electrons. The fraction of sp³-hybridized carbons (Fsp3) is 0.185. The molecule has 2 heterocycles. The number of nitrogens with one attached hydrogen (secondary N) is 1. The Hall–Kier alpha value is -4.46. The number of oxazole rings is 1. The molecule has 35 heavy (non-hydrogen) atoms. The lowest BCUT2D eigenvalue weighted by Crippen LogP contribution is -2.20. The number of carbonyl (C=O) groups excluding carboxylic acids is 1. The van der Waals surface area contributed by atoms with E-state index >= 15 is 0 Å². The van der Waals surface area contributed by atoms with Crippen molar-refractivity contribution in [2.24, 2.45) is 0 Å². The third kappa shape index (κ3) is 4.91. The molecule has 0 radical (unpaired) electrons. The Balaban J connectivity index is 1.24. The largest absolute Gasteiger partial charge is 0.482 e. The molecule has 0 bridgehead atoms. The number of hydrogen-bond donors (Lipinski definition) is 1. The summed E-state index contributed by atoms with van der Waals surface area (Å²) in [5.74, 6) is 0.863. The normalized spacial score (nSPS) is 11.0. The zero-order valence-corrected chi connectivity index (χ0v) is 19.6. The minimum Gasteiger partial charge on any atom is -0.482 e. The van der Waals surface area contributed by atoms with E-state index in [2.05, 4.69) is 34.3 Å². The van der Waals surface area contributed by atoms with Crippen molar-refractivity contribution in [3.8, 4) is 22.9 Å². The first kappa shape index (κ1) is 22.3. The predicted octanol–water partition coefficient (Wildman–Crippen LogP) is 5.22. The second-order valence-electron chi connectivity index (χ2n) is 8.11. The zero-order chi connectivity index (χ0) is 24.2. The van der Waals surface area contributed by atoms with Crippen LogP contribution in [0, 0.1) is 0 Å². The number of carbonyl (C=O) groups is 1. The van der Waals surface area contributed by atoms with Crippen molar-refractivity contribution in [3.05, 3.63) is 84.4 Å². The summed E-state index contributed by atoms with van der Waals surface area (Å²) in [4.78, 5) is 17.1. The first-order valence-corrected chi connectivity index (χ1v) is 11.5. The highest BCUT2D eigenvalue weighted by Gasteiger charge is 2.12. The van der Waals surface area contributed by atoms with Crippen molar-refractivity contribution >= 4 is 22.7 Å². The van der Waals surface area contributed by atoms with Gasteiger partial charge < -0.3 is 14.5 Å². The van der Waals surface area contributed by atoms with Crippen LogP contribution in [0.15, 0.2) is 77.7 Å². The Kier molecular flexibility index (Phi) is 6.26. The number of amides is 1. The summed E-state index contributed by atoms with van der Waals surface area (Å²) in [6, 6.07) is 19.3. The smallest absolute Gasteiger partial charge is 0.262 e. The molecule has 1 amide bonds. The van der Waals surface area contributed by atoms with Gasteiger partial charge >= 0.3 is 0 Å². The molecular formula is C27H25N5O3. The molecule has 2 aromatic heterocycles. The number of anilines is 1.